The summed E-state index contributed by atoms with van der Waals surface area (Å²) in [6, 6.07) is 7.50. The van der Waals surface area contributed by atoms with E-state index in [0.29, 0.717) is 6.54 Å². The molecule has 0 heterocycles. The number of carbonyl (C=O) groups is 1. The lowest BCUT2D eigenvalue weighted by Gasteiger charge is -2.05. The molecule has 0 bridgehead atoms. The minimum Gasteiger partial charge on any atom is -0.324 e. The number of carbonyl (C=O) groups excluding carboxylic acids is 1. The van der Waals surface area contributed by atoms with E-state index >= 15 is 0 Å². The van der Waals surface area contributed by atoms with Crippen LogP contribution < -0.4 is 10.6 Å². The molecule has 3 nitrogen and oxygen atoms in total. The third kappa shape index (κ3) is 3.16. The maximum absolute atomic E-state index is 11.2. The standard InChI is InChI=1S/C9H11BrN2O/c1-11-6-9(13)12-8-5-3-2-4-7(8)10/h2-5,11H,6H2,1H3,(H,12,13). The molecule has 13 heavy (non-hydrogen) atoms. The zero-order chi connectivity index (χ0) is 9.68. The van der Waals surface area contributed by atoms with Gasteiger partial charge in [0.25, 0.3) is 0 Å². The lowest BCUT2D eigenvalue weighted by molar-refractivity contribution is -0.115. The highest BCUT2D eigenvalue weighted by Gasteiger charge is 2.02. The van der Waals surface area contributed by atoms with Gasteiger partial charge in [-0.2, -0.15) is 0 Å². The molecule has 0 spiro atoms. The van der Waals surface area contributed by atoms with E-state index < -0.39 is 0 Å². The number of rotatable bonds is 3. The molecule has 0 saturated carbocycles. The minimum absolute atomic E-state index is 0.0469. The second-order valence-electron chi connectivity index (χ2n) is 2.56. The van der Waals surface area contributed by atoms with Crippen molar-refractivity contribution in [2.45, 2.75) is 0 Å². The summed E-state index contributed by atoms with van der Waals surface area (Å²) in [6.45, 7) is 0.321. The zero-order valence-corrected chi connectivity index (χ0v) is 8.89. The molecule has 4 heteroatoms. The summed E-state index contributed by atoms with van der Waals surface area (Å²) in [5, 5.41) is 5.54. The van der Waals surface area contributed by atoms with Crippen LogP contribution in [-0.2, 0) is 4.79 Å². The number of para-hydroxylation sites is 1. The van der Waals surface area contributed by atoms with Crippen molar-refractivity contribution in [3.05, 3.63) is 28.7 Å². The molecule has 0 fully saturated rings. The van der Waals surface area contributed by atoms with Crippen LogP contribution in [0.25, 0.3) is 0 Å². The highest BCUT2D eigenvalue weighted by molar-refractivity contribution is 9.10. The fourth-order valence-electron chi connectivity index (χ4n) is 0.918. The molecule has 2 N–H and O–H groups in total. The number of hydrogen-bond acceptors (Lipinski definition) is 2. The third-order valence-electron chi connectivity index (χ3n) is 1.49. The van der Waals surface area contributed by atoms with Gasteiger partial charge in [-0.15, -0.1) is 0 Å². The largest absolute Gasteiger partial charge is 0.324 e. The van der Waals surface area contributed by atoms with E-state index in [1.165, 1.54) is 0 Å². The maximum Gasteiger partial charge on any atom is 0.238 e. The van der Waals surface area contributed by atoms with Crippen LogP contribution in [0.4, 0.5) is 5.69 Å². The van der Waals surface area contributed by atoms with Gasteiger partial charge >= 0.3 is 0 Å². The summed E-state index contributed by atoms with van der Waals surface area (Å²) < 4.78 is 0.888. The smallest absolute Gasteiger partial charge is 0.238 e. The Morgan fingerprint density at radius 3 is 2.77 bits per heavy atom. The van der Waals surface area contributed by atoms with Gasteiger partial charge in [0, 0.05) is 4.47 Å². The van der Waals surface area contributed by atoms with Crippen LogP contribution in [0.2, 0.25) is 0 Å². The van der Waals surface area contributed by atoms with E-state index in [4.69, 9.17) is 0 Å². The first-order chi connectivity index (χ1) is 6.24. The highest BCUT2D eigenvalue weighted by atomic mass is 79.9. The molecule has 1 rings (SSSR count). The average Bonchev–Trinajstić information content (AvgIpc) is 2.09. The molecule has 0 aliphatic carbocycles. The number of likely N-dealkylation sites (N-methyl/N-ethyl adjacent to an activating group) is 1. The van der Waals surface area contributed by atoms with Crippen molar-refractivity contribution < 1.29 is 4.79 Å². The first-order valence-corrected chi connectivity index (χ1v) is 4.72. The van der Waals surface area contributed by atoms with Gasteiger partial charge in [0.15, 0.2) is 0 Å². The summed E-state index contributed by atoms with van der Waals surface area (Å²) in [7, 11) is 1.74. The number of nitrogens with one attached hydrogen (secondary N) is 2. The van der Waals surface area contributed by atoms with Crippen molar-refractivity contribution in [3.63, 3.8) is 0 Å². The lowest BCUT2D eigenvalue weighted by Crippen LogP contribution is -2.25. The van der Waals surface area contributed by atoms with Crippen LogP contribution in [0.5, 0.6) is 0 Å². The average molecular weight is 243 g/mol. The number of hydrogen-bond donors (Lipinski definition) is 2. The predicted octanol–water partition coefficient (Wildman–Crippen LogP) is 1.61. The second kappa shape index (κ2) is 4.99. The fraction of sp³-hybridized carbons (Fsp3) is 0.222. The van der Waals surface area contributed by atoms with Crippen LogP contribution in [0.15, 0.2) is 28.7 Å². The van der Waals surface area contributed by atoms with Crippen LogP contribution in [-0.4, -0.2) is 19.5 Å². The van der Waals surface area contributed by atoms with Crippen molar-refractivity contribution in [3.8, 4) is 0 Å². The van der Waals surface area contributed by atoms with Crippen molar-refractivity contribution in [2.24, 2.45) is 0 Å². The Labute approximate surface area is 85.7 Å². The fourth-order valence-corrected chi connectivity index (χ4v) is 1.30. The molecule has 70 valence electrons. The topological polar surface area (TPSA) is 41.1 Å². The van der Waals surface area contributed by atoms with Gasteiger partial charge in [-0.05, 0) is 35.1 Å². The summed E-state index contributed by atoms with van der Waals surface area (Å²) >= 11 is 3.34. The highest BCUT2D eigenvalue weighted by Crippen LogP contribution is 2.20. The molecular formula is C9H11BrN2O. The number of halogens is 1. The van der Waals surface area contributed by atoms with Crippen LogP contribution >= 0.6 is 15.9 Å². The van der Waals surface area contributed by atoms with Gasteiger partial charge in [0.1, 0.15) is 0 Å². The first-order valence-electron chi connectivity index (χ1n) is 3.93. The summed E-state index contributed by atoms with van der Waals surface area (Å²) in [6.07, 6.45) is 0. The molecule has 0 unspecified atom stereocenters. The van der Waals surface area contributed by atoms with Crippen LogP contribution in [0, 0.1) is 0 Å². The zero-order valence-electron chi connectivity index (χ0n) is 7.30. The third-order valence-corrected chi connectivity index (χ3v) is 2.18. The molecule has 0 aromatic heterocycles. The summed E-state index contributed by atoms with van der Waals surface area (Å²) in [5.74, 6) is -0.0469. The Morgan fingerprint density at radius 2 is 2.15 bits per heavy atom. The van der Waals surface area contributed by atoms with E-state index in [-0.39, 0.29) is 5.91 Å². The Kier molecular flexibility index (Phi) is 3.92. The van der Waals surface area contributed by atoms with E-state index in [0.717, 1.165) is 10.2 Å². The van der Waals surface area contributed by atoms with Crippen LogP contribution in [0.1, 0.15) is 0 Å². The quantitative estimate of drug-likeness (QED) is 0.846. The molecule has 1 aromatic carbocycles. The molecule has 0 aliphatic rings. The molecule has 0 atom stereocenters. The Balaban J connectivity index is 2.63. The van der Waals surface area contributed by atoms with E-state index in [2.05, 4.69) is 26.6 Å². The van der Waals surface area contributed by atoms with Gasteiger partial charge < -0.3 is 10.6 Å². The molecule has 0 saturated heterocycles. The second-order valence-corrected chi connectivity index (χ2v) is 3.41. The van der Waals surface area contributed by atoms with Crippen molar-refractivity contribution in [1.29, 1.82) is 0 Å². The number of benzene rings is 1. The van der Waals surface area contributed by atoms with Gasteiger partial charge in [-0.3, -0.25) is 4.79 Å². The Bertz CT molecular complexity index is 301. The van der Waals surface area contributed by atoms with Gasteiger partial charge in [0.2, 0.25) is 5.91 Å². The van der Waals surface area contributed by atoms with E-state index in [1.54, 1.807) is 7.05 Å². The SMILES string of the molecule is CNCC(=O)Nc1ccccc1Br. The molecule has 1 aromatic rings. The summed E-state index contributed by atoms with van der Waals surface area (Å²) in [5.41, 5.74) is 0.794. The first kappa shape index (κ1) is 10.2. The predicted molar refractivity (Wildman–Crippen MR) is 56.7 cm³/mol. The van der Waals surface area contributed by atoms with Gasteiger partial charge in [0.05, 0.1) is 12.2 Å². The Morgan fingerprint density at radius 1 is 1.46 bits per heavy atom. The van der Waals surface area contributed by atoms with Crippen molar-refractivity contribution in [2.75, 3.05) is 18.9 Å². The van der Waals surface area contributed by atoms with E-state index in [1.807, 2.05) is 24.3 Å². The summed E-state index contributed by atoms with van der Waals surface area (Å²) in [4.78, 5) is 11.2. The van der Waals surface area contributed by atoms with Gasteiger partial charge in [-0.25, -0.2) is 0 Å². The normalized spacial score (nSPS) is 9.69. The maximum atomic E-state index is 11.2. The van der Waals surface area contributed by atoms with Gasteiger partial charge in [-0.1, -0.05) is 12.1 Å². The van der Waals surface area contributed by atoms with Crippen molar-refractivity contribution in [1.82, 2.24) is 5.32 Å². The monoisotopic (exact) mass is 242 g/mol. The van der Waals surface area contributed by atoms with Crippen molar-refractivity contribution >= 4 is 27.5 Å². The lowest BCUT2D eigenvalue weighted by atomic mass is 10.3. The number of anilines is 1. The minimum atomic E-state index is -0.0469. The number of amides is 1. The molecule has 0 aliphatic heterocycles. The molecule has 1 amide bonds. The Hall–Kier alpha value is -0.870. The molecule has 0 radical (unpaired) electrons. The molecular weight excluding hydrogens is 232 g/mol. The van der Waals surface area contributed by atoms with E-state index in [9.17, 15) is 4.79 Å². The van der Waals surface area contributed by atoms with Crippen LogP contribution in [0.3, 0.4) is 0 Å².